The third kappa shape index (κ3) is 3.11. The van der Waals surface area contributed by atoms with Crippen molar-refractivity contribution in [1.82, 2.24) is 0 Å². The molecule has 0 aromatic heterocycles. The second-order valence-corrected chi connectivity index (χ2v) is 4.18. The lowest BCUT2D eigenvalue weighted by atomic mass is 9.82. The van der Waals surface area contributed by atoms with Crippen molar-refractivity contribution in [2.24, 2.45) is 17.4 Å². The number of rotatable bonds is 5. The van der Waals surface area contributed by atoms with E-state index < -0.39 is 0 Å². The first-order valence-corrected chi connectivity index (χ1v) is 5.00. The van der Waals surface area contributed by atoms with Crippen molar-refractivity contribution in [3.05, 3.63) is 0 Å². The second kappa shape index (κ2) is 4.83. The van der Waals surface area contributed by atoms with Gasteiger partial charge in [0, 0.05) is 11.6 Å². The molecule has 0 rings (SSSR count). The minimum atomic E-state index is -0.149. The molecule has 0 bridgehead atoms. The molecule has 12 heavy (non-hydrogen) atoms. The van der Waals surface area contributed by atoms with E-state index in [2.05, 4.69) is 27.7 Å². The van der Waals surface area contributed by atoms with Crippen LogP contribution in [0.15, 0.2) is 0 Å². The Morgan fingerprint density at radius 1 is 1.17 bits per heavy atom. The average Bonchev–Trinajstić information content (AvgIpc) is 2.02. The molecule has 2 nitrogen and oxygen atoms in total. The summed E-state index contributed by atoms with van der Waals surface area (Å²) in [7, 11) is 0. The summed E-state index contributed by atoms with van der Waals surface area (Å²) >= 11 is 0. The van der Waals surface area contributed by atoms with Crippen LogP contribution in [-0.2, 0) is 0 Å². The molecule has 0 aliphatic rings. The van der Waals surface area contributed by atoms with Gasteiger partial charge in [0.05, 0.1) is 0 Å². The Kier molecular flexibility index (Phi) is 4.80. The van der Waals surface area contributed by atoms with Crippen molar-refractivity contribution in [3.63, 3.8) is 0 Å². The smallest absolute Gasteiger partial charge is 0.0302 e. The fraction of sp³-hybridized carbons (Fsp3) is 1.00. The highest BCUT2D eigenvalue weighted by Crippen LogP contribution is 2.19. The van der Waals surface area contributed by atoms with Gasteiger partial charge < -0.3 is 11.5 Å². The molecule has 74 valence electrons. The van der Waals surface area contributed by atoms with Gasteiger partial charge in [-0.2, -0.15) is 0 Å². The Balaban J connectivity index is 4.11. The van der Waals surface area contributed by atoms with Gasteiger partial charge in [-0.05, 0) is 25.2 Å². The van der Waals surface area contributed by atoms with Gasteiger partial charge in [0.15, 0.2) is 0 Å². The van der Waals surface area contributed by atoms with Crippen LogP contribution in [0.1, 0.15) is 47.0 Å². The van der Waals surface area contributed by atoms with Crippen LogP contribution in [0.5, 0.6) is 0 Å². The third-order valence-electron chi connectivity index (χ3n) is 2.78. The van der Waals surface area contributed by atoms with Gasteiger partial charge >= 0.3 is 0 Å². The molecule has 1 atom stereocenters. The van der Waals surface area contributed by atoms with E-state index in [1.807, 2.05) is 0 Å². The zero-order valence-electron chi connectivity index (χ0n) is 8.93. The Morgan fingerprint density at radius 3 is 1.83 bits per heavy atom. The lowest BCUT2D eigenvalue weighted by molar-refractivity contribution is 0.286. The maximum Gasteiger partial charge on any atom is 0.0302 e. The van der Waals surface area contributed by atoms with Crippen molar-refractivity contribution < 1.29 is 0 Å². The summed E-state index contributed by atoms with van der Waals surface area (Å²) in [5.41, 5.74) is 12.1. The molecule has 0 aliphatic carbocycles. The Hall–Kier alpha value is -0.0800. The second-order valence-electron chi connectivity index (χ2n) is 4.18. The van der Waals surface area contributed by atoms with Gasteiger partial charge in [-0.3, -0.25) is 0 Å². The van der Waals surface area contributed by atoms with Crippen molar-refractivity contribution in [1.29, 1.82) is 0 Å². The predicted molar refractivity (Wildman–Crippen MR) is 54.9 cm³/mol. The summed E-state index contributed by atoms with van der Waals surface area (Å²) in [6.45, 7) is 8.60. The van der Waals surface area contributed by atoms with E-state index in [9.17, 15) is 0 Å². The molecular formula is C10H24N2. The van der Waals surface area contributed by atoms with E-state index in [4.69, 9.17) is 11.5 Å². The molecule has 0 saturated carbocycles. The normalized spacial score (nSPS) is 15.2. The molecule has 4 N–H and O–H groups in total. The molecule has 0 heterocycles. The fourth-order valence-electron chi connectivity index (χ4n) is 1.52. The summed E-state index contributed by atoms with van der Waals surface area (Å²) in [6.07, 6.45) is 2.97. The summed E-state index contributed by atoms with van der Waals surface area (Å²) in [6, 6.07) is 0.146. The van der Waals surface area contributed by atoms with Gasteiger partial charge in [0.25, 0.3) is 0 Å². The monoisotopic (exact) mass is 172 g/mol. The van der Waals surface area contributed by atoms with Crippen LogP contribution in [0.4, 0.5) is 0 Å². The van der Waals surface area contributed by atoms with Crippen molar-refractivity contribution in [2.45, 2.75) is 58.5 Å². The standard InChI is InChI=1S/C10H24N2/c1-5-10(12,6-2)9(11)7-8(3)4/h8-9H,5-7,11-12H2,1-4H3. The number of hydrogen-bond acceptors (Lipinski definition) is 2. The number of hydrogen-bond donors (Lipinski definition) is 2. The molecule has 0 spiro atoms. The summed E-state index contributed by atoms with van der Waals surface area (Å²) in [5.74, 6) is 0.640. The molecule has 2 heteroatoms. The van der Waals surface area contributed by atoms with E-state index >= 15 is 0 Å². The van der Waals surface area contributed by atoms with Gasteiger partial charge in [-0.15, -0.1) is 0 Å². The van der Waals surface area contributed by atoms with E-state index in [1.54, 1.807) is 0 Å². The summed E-state index contributed by atoms with van der Waals surface area (Å²) < 4.78 is 0. The SMILES string of the molecule is CCC(N)(CC)C(N)CC(C)C. The fourth-order valence-corrected chi connectivity index (χ4v) is 1.52. The Labute approximate surface area is 76.7 Å². The van der Waals surface area contributed by atoms with Gasteiger partial charge in [-0.25, -0.2) is 0 Å². The van der Waals surface area contributed by atoms with Gasteiger partial charge in [0.1, 0.15) is 0 Å². The van der Waals surface area contributed by atoms with Crippen LogP contribution in [0.25, 0.3) is 0 Å². The maximum absolute atomic E-state index is 6.16. The van der Waals surface area contributed by atoms with Crippen LogP contribution < -0.4 is 11.5 Å². The highest BCUT2D eigenvalue weighted by atomic mass is 14.8. The average molecular weight is 172 g/mol. The van der Waals surface area contributed by atoms with Crippen molar-refractivity contribution in [2.75, 3.05) is 0 Å². The molecule has 1 unspecified atom stereocenters. The molecule has 0 aromatic rings. The molecule has 0 fully saturated rings. The van der Waals surface area contributed by atoms with Crippen LogP contribution in [0.3, 0.4) is 0 Å². The van der Waals surface area contributed by atoms with E-state index in [-0.39, 0.29) is 11.6 Å². The molecule has 0 aromatic carbocycles. The van der Waals surface area contributed by atoms with Crippen LogP contribution in [0, 0.1) is 5.92 Å². The third-order valence-corrected chi connectivity index (χ3v) is 2.78. The lowest BCUT2D eigenvalue weighted by Gasteiger charge is -2.34. The zero-order valence-corrected chi connectivity index (χ0v) is 8.93. The van der Waals surface area contributed by atoms with E-state index in [1.165, 1.54) is 0 Å². The summed E-state index contributed by atoms with van der Waals surface area (Å²) in [4.78, 5) is 0. The van der Waals surface area contributed by atoms with E-state index in [0.717, 1.165) is 19.3 Å². The number of nitrogens with two attached hydrogens (primary N) is 2. The molecule has 0 radical (unpaired) electrons. The minimum absolute atomic E-state index is 0.146. The van der Waals surface area contributed by atoms with Crippen molar-refractivity contribution >= 4 is 0 Å². The van der Waals surface area contributed by atoms with E-state index in [0.29, 0.717) is 5.92 Å². The van der Waals surface area contributed by atoms with Crippen molar-refractivity contribution in [3.8, 4) is 0 Å². The maximum atomic E-state index is 6.16. The molecule has 0 saturated heterocycles. The first-order chi connectivity index (χ1) is 5.46. The highest BCUT2D eigenvalue weighted by Gasteiger charge is 2.28. The predicted octanol–water partition coefficient (Wildman–Crippen LogP) is 1.88. The lowest BCUT2D eigenvalue weighted by Crippen LogP contribution is -2.54. The molecule has 0 aliphatic heterocycles. The first-order valence-electron chi connectivity index (χ1n) is 5.00. The largest absolute Gasteiger partial charge is 0.326 e. The summed E-state index contributed by atoms with van der Waals surface area (Å²) in [5, 5.41) is 0. The molecular weight excluding hydrogens is 148 g/mol. The van der Waals surface area contributed by atoms with Gasteiger partial charge in [-0.1, -0.05) is 27.7 Å². The Bertz CT molecular complexity index is 117. The quantitative estimate of drug-likeness (QED) is 0.665. The minimum Gasteiger partial charge on any atom is -0.326 e. The van der Waals surface area contributed by atoms with Crippen LogP contribution >= 0.6 is 0 Å². The van der Waals surface area contributed by atoms with Crippen LogP contribution in [-0.4, -0.2) is 11.6 Å². The van der Waals surface area contributed by atoms with Gasteiger partial charge in [0.2, 0.25) is 0 Å². The first kappa shape index (κ1) is 11.9. The van der Waals surface area contributed by atoms with Crippen LogP contribution in [0.2, 0.25) is 0 Å². The zero-order chi connectivity index (χ0) is 9.78. The molecule has 0 amide bonds. The highest BCUT2D eigenvalue weighted by molar-refractivity contribution is 4.92. The topological polar surface area (TPSA) is 52.0 Å². The Morgan fingerprint density at radius 2 is 1.58 bits per heavy atom.